The van der Waals surface area contributed by atoms with Gasteiger partial charge in [-0.3, -0.25) is 0 Å². The molecule has 1 rings (SSSR count). The topological polar surface area (TPSA) is 75.2 Å². The van der Waals surface area contributed by atoms with E-state index in [1.54, 1.807) is 14.2 Å². The molecule has 1 aromatic rings. The van der Waals surface area contributed by atoms with Gasteiger partial charge in [0.15, 0.2) is 5.82 Å². The number of nitrogens with two attached hydrogens (primary N) is 1. The first-order chi connectivity index (χ1) is 6.27. The number of hydrogen-bond donors (Lipinski definition) is 1. The Hall–Kier alpha value is -1.14. The smallest absolute Gasteiger partial charge is 0.165 e. The van der Waals surface area contributed by atoms with Gasteiger partial charge < -0.3 is 15.2 Å². The van der Waals surface area contributed by atoms with Crippen LogP contribution in [0, 0.1) is 0 Å². The quantitative estimate of drug-likeness (QED) is 0.683. The fourth-order valence-corrected chi connectivity index (χ4v) is 1.03. The van der Waals surface area contributed by atoms with Crippen molar-refractivity contribution in [2.24, 2.45) is 0 Å². The molecular formula is C7H14N4O2. The summed E-state index contributed by atoms with van der Waals surface area (Å²) in [6, 6.07) is -0.0210. The first kappa shape index (κ1) is 9.94. The largest absolute Gasteiger partial charge is 0.382 e. The second-order valence-electron chi connectivity index (χ2n) is 2.65. The lowest BCUT2D eigenvalue weighted by molar-refractivity contribution is 0.0772. The highest BCUT2D eigenvalue weighted by Gasteiger charge is 2.12. The standard InChI is InChI=1S/C7H14N4O2/c1-12-4-6(5-13-2)11-9-3-7(8)10-11/h3,6H,4-5H2,1-2H3,(H2,8,10). The lowest BCUT2D eigenvalue weighted by Crippen LogP contribution is -2.22. The Kier molecular flexibility index (Phi) is 3.66. The van der Waals surface area contributed by atoms with Crippen molar-refractivity contribution in [3.63, 3.8) is 0 Å². The normalized spacial score (nSPS) is 11.0. The number of methoxy groups -OCH3 is 2. The molecule has 0 aliphatic carbocycles. The van der Waals surface area contributed by atoms with Gasteiger partial charge in [0.05, 0.1) is 19.4 Å². The van der Waals surface area contributed by atoms with Crippen LogP contribution in [0.3, 0.4) is 0 Å². The second kappa shape index (κ2) is 4.78. The molecule has 0 saturated carbocycles. The lowest BCUT2D eigenvalue weighted by atomic mass is 10.3. The molecule has 0 spiro atoms. The van der Waals surface area contributed by atoms with E-state index in [0.29, 0.717) is 19.0 Å². The molecule has 0 aromatic carbocycles. The number of rotatable bonds is 5. The highest BCUT2D eigenvalue weighted by atomic mass is 16.5. The van der Waals surface area contributed by atoms with Crippen LogP contribution in [0.1, 0.15) is 6.04 Å². The number of nitrogens with zero attached hydrogens (tertiary/aromatic N) is 3. The summed E-state index contributed by atoms with van der Waals surface area (Å²) in [6.07, 6.45) is 1.50. The first-order valence-corrected chi connectivity index (χ1v) is 3.93. The summed E-state index contributed by atoms with van der Waals surface area (Å²) < 4.78 is 10.00. The average molecular weight is 186 g/mol. The zero-order valence-electron chi connectivity index (χ0n) is 7.80. The molecule has 6 heteroatoms. The van der Waals surface area contributed by atoms with Crippen LogP contribution < -0.4 is 5.73 Å². The SMILES string of the molecule is COCC(COC)n1ncc(N)n1. The van der Waals surface area contributed by atoms with E-state index in [2.05, 4.69) is 10.2 Å². The summed E-state index contributed by atoms with van der Waals surface area (Å²) in [5.74, 6) is 0.400. The van der Waals surface area contributed by atoms with Crippen LogP contribution in [0.2, 0.25) is 0 Å². The number of hydrogen-bond acceptors (Lipinski definition) is 5. The van der Waals surface area contributed by atoms with E-state index >= 15 is 0 Å². The van der Waals surface area contributed by atoms with Gasteiger partial charge in [0.25, 0.3) is 0 Å². The Labute approximate surface area is 76.6 Å². The van der Waals surface area contributed by atoms with Crippen LogP contribution in [0.4, 0.5) is 5.82 Å². The molecule has 0 unspecified atom stereocenters. The molecule has 2 N–H and O–H groups in total. The van der Waals surface area contributed by atoms with E-state index in [1.165, 1.54) is 11.0 Å². The summed E-state index contributed by atoms with van der Waals surface area (Å²) >= 11 is 0. The van der Waals surface area contributed by atoms with Gasteiger partial charge in [-0.05, 0) is 0 Å². The van der Waals surface area contributed by atoms with Gasteiger partial charge in [0.1, 0.15) is 6.04 Å². The maximum Gasteiger partial charge on any atom is 0.165 e. The highest BCUT2D eigenvalue weighted by Crippen LogP contribution is 2.05. The Balaban J connectivity index is 2.63. The van der Waals surface area contributed by atoms with Crippen LogP contribution in [0.15, 0.2) is 6.20 Å². The predicted molar refractivity (Wildman–Crippen MR) is 47.2 cm³/mol. The molecule has 0 radical (unpaired) electrons. The molecule has 13 heavy (non-hydrogen) atoms. The maximum atomic E-state index is 5.43. The number of aromatic nitrogens is 3. The van der Waals surface area contributed by atoms with Crippen molar-refractivity contribution in [3.05, 3.63) is 6.20 Å². The Morgan fingerprint density at radius 1 is 1.46 bits per heavy atom. The van der Waals surface area contributed by atoms with Gasteiger partial charge in [-0.1, -0.05) is 0 Å². The van der Waals surface area contributed by atoms with Crippen molar-refractivity contribution in [3.8, 4) is 0 Å². The molecule has 0 bridgehead atoms. The summed E-state index contributed by atoms with van der Waals surface area (Å²) in [5, 5.41) is 7.95. The van der Waals surface area contributed by atoms with Crippen molar-refractivity contribution in [1.29, 1.82) is 0 Å². The van der Waals surface area contributed by atoms with Gasteiger partial charge in [0, 0.05) is 14.2 Å². The zero-order valence-corrected chi connectivity index (χ0v) is 7.80. The van der Waals surface area contributed by atoms with E-state index in [9.17, 15) is 0 Å². The molecular weight excluding hydrogens is 172 g/mol. The Morgan fingerprint density at radius 2 is 2.08 bits per heavy atom. The summed E-state index contributed by atoms with van der Waals surface area (Å²) in [7, 11) is 3.24. The third-order valence-electron chi connectivity index (χ3n) is 1.57. The molecule has 1 heterocycles. The third kappa shape index (κ3) is 2.67. The third-order valence-corrected chi connectivity index (χ3v) is 1.57. The molecule has 0 amide bonds. The van der Waals surface area contributed by atoms with Crippen LogP contribution >= 0.6 is 0 Å². The van der Waals surface area contributed by atoms with Crippen molar-refractivity contribution in [2.75, 3.05) is 33.2 Å². The summed E-state index contributed by atoms with van der Waals surface area (Å²) in [6.45, 7) is 1.00. The van der Waals surface area contributed by atoms with Gasteiger partial charge in [-0.15, -0.1) is 5.10 Å². The molecule has 0 fully saturated rings. The second-order valence-corrected chi connectivity index (χ2v) is 2.65. The van der Waals surface area contributed by atoms with Crippen molar-refractivity contribution in [2.45, 2.75) is 6.04 Å². The zero-order chi connectivity index (χ0) is 9.68. The minimum atomic E-state index is -0.0210. The minimum absolute atomic E-state index is 0.0210. The van der Waals surface area contributed by atoms with Crippen molar-refractivity contribution < 1.29 is 9.47 Å². The number of anilines is 1. The van der Waals surface area contributed by atoms with Gasteiger partial charge in [-0.2, -0.15) is 9.90 Å². The fraction of sp³-hybridized carbons (Fsp3) is 0.714. The molecule has 74 valence electrons. The molecule has 6 nitrogen and oxygen atoms in total. The average Bonchev–Trinajstić information content (AvgIpc) is 2.51. The highest BCUT2D eigenvalue weighted by molar-refractivity contribution is 5.19. The summed E-state index contributed by atoms with van der Waals surface area (Å²) in [5.41, 5.74) is 5.43. The first-order valence-electron chi connectivity index (χ1n) is 3.93. The predicted octanol–water partition coefficient (Wildman–Crippen LogP) is -0.306. The van der Waals surface area contributed by atoms with Crippen molar-refractivity contribution >= 4 is 5.82 Å². The van der Waals surface area contributed by atoms with Crippen LogP contribution in [0.5, 0.6) is 0 Å². The van der Waals surface area contributed by atoms with E-state index in [4.69, 9.17) is 15.2 Å². The minimum Gasteiger partial charge on any atom is -0.382 e. The van der Waals surface area contributed by atoms with Crippen LogP contribution in [-0.4, -0.2) is 42.4 Å². The maximum absolute atomic E-state index is 5.43. The van der Waals surface area contributed by atoms with E-state index < -0.39 is 0 Å². The van der Waals surface area contributed by atoms with E-state index in [0.717, 1.165) is 0 Å². The van der Waals surface area contributed by atoms with Gasteiger partial charge in [0.2, 0.25) is 0 Å². The lowest BCUT2D eigenvalue weighted by Gasteiger charge is -2.13. The number of nitrogen functional groups attached to an aromatic ring is 1. The van der Waals surface area contributed by atoms with Gasteiger partial charge >= 0.3 is 0 Å². The molecule has 1 aromatic heterocycles. The molecule has 0 aliphatic rings. The fourth-order valence-electron chi connectivity index (χ4n) is 1.03. The molecule has 0 saturated heterocycles. The van der Waals surface area contributed by atoms with E-state index in [1.807, 2.05) is 0 Å². The monoisotopic (exact) mass is 186 g/mol. The number of ether oxygens (including phenoxy) is 2. The molecule has 0 atom stereocenters. The van der Waals surface area contributed by atoms with Crippen molar-refractivity contribution in [1.82, 2.24) is 15.0 Å². The Bertz CT molecular complexity index is 244. The van der Waals surface area contributed by atoms with Crippen LogP contribution in [-0.2, 0) is 9.47 Å². The Morgan fingerprint density at radius 3 is 2.46 bits per heavy atom. The summed E-state index contributed by atoms with van der Waals surface area (Å²) in [4.78, 5) is 1.50. The van der Waals surface area contributed by atoms with Crippen LogP contribution in [0.25, 0.3) is 0 Å². The van der Waals surface area contributed by atoms with Gasteiger partial charge in [-0.25, -0.2) is 0 Å². The van der Waals surface area contributed by atoms with E-state index in [-0.39, 0.29) is 6.04 Å². The molecule has 0 aliphatic heterocycles.